The second-order valence-corrected chi connectivity index (χ2v) is 6.17. The molecule has 0 atom stereocenters. The number of thiocarbonyl (C=S) groups is 1. The Morgan fingerprint density at radius 3 is 2.72 bits per heavy atom. The molecule has 0 aliphatic carbocycles. The third kappa shape index (κ3) is 4.68. The van der Waals surface area contributed by atoms with Gasteiger partial charge in [-0.05, 0) is 36.5 Å². The summed E-state index contributed by atoms with van der Waals surface area (Å²) < 4.78 is 10.6. The molecule has 1 heterocycles. The van der Waals surface area contributed by atoms with Crippen molar-refractivity contribution in [3.63, 3.8) is 0 Å². The molecule has 10 heteroatoms. The Hall–Kier alpha value is -3.92. The molecular formula is C19H15N3O6S. The quantitative estimate of drug-likeness (QED) is 0.250. The third-order valence-electron chi connectivity index (χ3n) is 3.85. The first-order valence-electron chi connectivity index (χ1n) is 8.21. The van der Waals surface area contributed by atoms with E-state index in [4.69, 9.17) is 21.4 Å². The molecule has 0 aliphatic heterocycles. The topological polar surface area (TPSA) is 127 Å². The van der Waals surface area contributed by atoms with E-state index in [1.807, 2.05) is 0 Å². The molecule has 148 valence electrons. The number of nitro groups is 1. The Kier molecular flexibility index (Phi) is 5.74. The first-order valence-corrected chi connectivity index (χ1v) is 8.62. The zero-order valence-electron chi connectivity index (χ0n) is 15.0. The van der Waals surface area contributed by atoms with Crippen molar-refractivity contribution in [2.75, 3.05) is 12.4 Å². The number of amides is 1. The van der Waals surface area contributed by atoms with Crippen molar-refractivity contribution in [2.24, 2.45) is 0 Å². The number of non-ortho nitro benzene ring substituents is 1. The number of methoxy groups -OCH3 is 1. The molecule has 3 aromatic rings. The van der Waals surface area contributed by atoms with Crippen LogP contribution in [0, 0.1) is 10.1 Å². The van der Waals surface area contributed by atoms with Crippen LogP contribution in [0.4, 0.5) is 11.4 Å². The van der Waals surface area contributed by atoms with Gasteiger partial charge in [-0.1, -0.05) is 12.1 Å². The van der Waals surface area contributed by atoms with Crippen molar-refractivity contribution in [3.05, 3.63) is 70.5 Å². The lowest BCUT2D eigenvalue weighted by Crippen LogP contribution is -2.33. The largest absolute Gasteiger partial charge is 0.506 e. The highest BCUT2D eigenvalue weighted by atomic mass is 32.1. The number of phenols is 1. The number of anilines is 1. The van der Waals surface area contributed by atoms with Gasteiger partial charge in [0.15, 0.2) is 10.9 Å². The first kappa shape index (κ1) is 19.8. The van der Waals surface area contributed by atoms with E-state index in [0.717, 1.165) is 0 Å². The summed E-state index contributed by atoms with van der Waals surface area (Å²) in [5.74, 6) is 0.0515. The number of carbonyl (C=O) groups is 1. The van der Waals surface area contributed by atoms with Crippen LogP contribution < -0.4 is 15.4 Å². The highest BCUT2D eigenvalue weighted by Gasteiger charge is 2.16. The molecule has 1 aromatic heterocycles. The number of nitrogens with zero attached hydrogens (tertiary/aromatic N) is 1. The van der Waals surface area contributed by atoms with E-state index < -0.39 is 10.8 Å². The molecule has 0 fully saturated rings. The van der Waals surface area contributed by atoms with Gasteiger partial charge in [0.2, 0.25) is 0 Å². The molecular weight excluding hydrogens is 398 g/mol. The molecule has 3 N–H and O–H groups in total. The van der Waals surface area contributed by atoms with E-state index in [-0.39, 0.29) is 28.0 Å². The molecule has 9 nitrogen and oxygen atoms in total. The number of aromatic hydroxyl groups is 1. The summed E-state index contributed by atoms with van der Waals surface area (Å²) in [7, 11) is 1.48. The number of phenolic OH excluding ortho intramolecular Hbond substituents is 1. The van der Waals surface area contributed by atoms with E-state index >= 15 is 0 Å². The fourth-order valence-corrected chi connectivity index (χ4v) is 2.65. The summed E-state index contributed by atoms with van der Waals surface area (Å²) in [4.78, 5) is 22.7. The fourth-order valence-electron chi connectivity index (χ4n) is 2.45. The molecule has 2 aromatic carbocycles. The number of nitrogens with one attached hydrogen (secondary N) is 2. The van der Waals surface area contributed by atoms with Crippen LogP contribution in [0.5, 0.6) is 11.5 Å². The zero-order chi connectivity index (χ0) is 21.0. The van der Waals surface area contributed by atoms with Crippen LogP contribution in [0.15, 0.2) is 59.0 Å². The van der Waals surface area contributed by atoms with Crippen LogP contribution in [-0.2, 0) is 0 Å². The zero-order valence-corrected chi connectivity index (χ0v) is 15.9. The summed E-state index contributed by atoms with van der Waals surface area (Å²) in [6, 6.07) is 13.3. The molecule has 0 bridgehead atoms. The normalized spacial score (nSPS) is 10.2. The maximum Gasteiger partial charge on any atom is 0.293 e. The van der Waals surface area contributed by atoms with E-state index in [2.05, 4.69) is 10.6 Å². The van der Waals surface area contributed by atoms with Gasteiger partial charge in [-0.2, -0.15) is 0 Å². The Labute approximate surface area is 170 Å². The molecule has 29 heavy (non-hydrogen) atoms. The fraction of sp³-hybridized carbons (Fsp3) is 0.0526. The monoisotopic (exact) mass is 413 g/mol. The Bertz CT molecular complexity index is 1100. The van der Waals surface area contributed by atoms with Gasteiger partial charge >= 0.3 is 0 Å². The van der Waals surface area contributed by atoms with Gasteiger partial charge in [-0.25, -0.2) is 0 Å². The number of carbonyl (C=O) groups excluding carboxylic acids is 1. The van der Waals surface area contributed by atoms with Crippen molar-refractivity contribution in [1.82, 2.24) is 5.32 Å². The molecule has 0 aliphatic rings. The number of rotatable bonds is 5. The minimum Gasteiger partial charge on any atom is -0.506 e. The predicted octanol–water partition coefficient (Wildman–Crippen LogP) is 3.70. The molecule has 1 amide bonds. The summed E-state index contributed by atoms with van der Waals surface area (Å²) in [6.45, 7) is 0. The van der Waals surface area contributed by atoms with Crippen molar-refractivity contribution in [2.45, 2.75) is 0 Å². The Morgan fingerprint density at radius 1 is 1.21 bits per heavy atom. The molecule has 0 radical (unpaired) electrons. The molecule has 0 unspecified atom stereocenters. The standard InChI is InChI=1S/C19H15N3O6S/c1-27-13-5-6-15(23)14(10-13)20-19(29)21-18(24)17-8-7-16(28-17)11-3-2-4-12(9-11)22(25)26/h2-10,23H,1H3,(H2,20,21,24,29). The third-order valence-corrected chi connectivity index (χ3v) is 4.05. The van der Waals surface area contributed by atoms with E-state index in [1.54, 1.807) is 12.1 Å². The van der Waals surface area contributed by atoms with Gasteiger partial charge in [-0.15, -0.1) is 0 Å². The average molecular weight is 413 g/mol. The van der Waals surface area contributed by atoms with E-state index in [9.17, 15) is 20.0 Å². The van der Waals surface area contributed by atoms with Gasteiger partial charge in [0.05, 0.1) is 17.7 Å². The van der Waals surface area contributed by atoms with E-state index in [0.29, 0.717) is 17.1 Å². The van der Waals surface area contributed by atoms with Crippen LogP contribution in [0.25, 0.3) is 11.3 Å². The Balaban J connectivity index is 1.70. The highest BCUT2D eigenvalue weighted by molar-refractivity contribution is 7.80. The first-order chi connectivity index (χ1) is 13.9. The molecule has 0 saturated heterocycles. The van der Waals surface area contributed by atoms with Crippen molar-refractivity contribution in [1.29, 1.82) is 0 Å². The van der Waals surface area contributed by atoms with Crippen molar-refractivity contribution < 1.29 is 24.0 Å². The summed E-state index contributed by atoms with van der Waals surface area (Å²) in [6.07, 6.45) is 0. The van der Waals surface area contributed by atoms with Crippen molar-refractivity contribution >= 4 is 34.6 Å². The van der Waals surface area contributed by atoms with E-state index in [1.165, 1.54) is 49.6 Å². The average Bonchev–Trinajstić information content (AvgIpc) is 3.20. The summed E-state index contributed by atoms with van der Waals surface area (Å²) >= 11 is 5.09. The van der Waals surface area contributed by atoms with Gasteiger partial charge in [-0.3, -0.25) is 20.2 Å². The van der Waals surface area contributed by atoms with Gasteiger partial charge in [0, 0.05) is 23.8 Å². The SMILES string of the molecule is COc1ccc(O)c(NC(=S)NC(=O)c2ccc(-c3cccc([N+](=O)[O-])c3)o2)c1. The maximum absolute atomic E-state index is 12.3. The molecule has 0 spiro atoms. The second-order valence-electron chi connectivity index (χ2n) is 5.76. The van der Waals surface area contributed by atoms with Crippen LogP contribution in [-0.4, -0.2) is 28.2 Å². The number of hydrogen-bond acceptors (Lipinski definition) is 7. The lowest BCUT2D eigenvalue weighted by molar-refractivity contribution is -0.384. The number of furan rings is 1. The minimum absolute atomic E-state index is 0.0366. The lowest BCUT2D eigenvalue weighted by atomic mass is 10.1. The molecule has 0 saturated carbocycles. The summed E-state index contributed by atoms with van der Waals surface area (Å²) in [5, 5.41) is 25.8. The minimum atomic E-state index is -0.624. The maximum atomic E-state index is 12.3. The lowest BCUT2D eigenvalue weighted by Gasteiger charge is -2.11. The van der Waals surface area contributed by atoms with Gasteiger partial charge in [0.25, 0.3) is 11.6 Å². The van der Waals surface area contributed by atoms with Gasteiger partial charge in [0.1, 0.15) is 17.3 Å². The Morgan fingerprint density at radius 2 is 2.00 bits per heavy atom. The smallest absolute Gasteiger partial charge is 0.293 e. The van der Waals surface area contributed by atoms with Crippen LogP contribution in [0.2, 0.25) is 0 Å². The summed E-state index contributed by atoms with van der Waals surface area (Å²) in [5.41, 5.74) is 0.625. The van der Waals surface area contributed by atoms with Crippen LogP contribution >= 0.6 is 12.2 Å². The second kappa shape index (κ2) is 8.40. The number of hydrogen-bond donors (Lipinski definition) is 3. The number of ether oxygens (including phenoxy) is 1. The predicted molar refractivity (Wildman–Crippen MR) is 109 cm³/mol. The van der Waals surface area contributed by atoms with Crippen molar-refractivity contribution in [3.8, 4) is 22.8 Å². The molecule has 3 rings (SSSR count). The number of benzene rings is 2. The van der Waals surface area contributed by atoms with Crippen LogP contribution in [0.3, 0.4) is 0 Å². The number of nitro benzene ring substituents is 1. The highest BCUT2D eigenvalue weighted by Crippen LogP contribution is 2.28. The van der Waals surface area contributed by atoms with Crippen LogP contribution in [0.1, 0.15) is 10.6 Å². The van der Waals surface area contributed by atoms with Gasteiger partial charge < -0.3 is 19.6 Å².